The van der Waals surface area contributed by atoms with Crippen LogP contribution in [0.25, 0.3) is 0 Å². The van der Waals surface area contributed by atoms with Crippen LogP contribution in [0, 0.1) is 17.6 Å². The summed E-state index contributed by atoms with van der Waals surface area (Å²) < 4.78 is 51.4. The molecule has 3 rings (SSSR count). The molecule has 2 unspecified atom stereocenters. The Hall–Kier alpha value is -1.48. The van der Waals surface area contributed by atoms with Crippen LogP contribution in [0.15, 0.2) is 23.2 Å². The summed E-state index contributed by atoms with van der Waals surface area (Å²) in [5.41, 5.74) is 0.0367. The van der Waals surface area contributed by atoms with Gasteiger partial charge in [-0.25, -0.2) is 17.2 Å². The molecule has 2 heterocycles. The third kappa shape index (κ3) is 3.87. The van der Waals surface area contributed by atoms with Gasteiger partial charge in [0.1, 0.15) is 11.6 Å². The topological polar surface area (TPSA) is 66.8 Å². The number of rotatable bonds is 3. The number of sulfone groups is 1. The molecule has 0 saturated carbocycles. The lowest BCUT2D eigenvalue weighted by atomic mass is 10.1. The lowest BCUT2D eigenvalue weighted by Crippen LogP contribution is -2.38. The molecule has 2 fully saturated rings. The maximum atomic E-state index is 14.3. The van der Waals surface area contributed by atoms with E-state index in [1.54, 1.807) is 0 Å². The van der Waals surface area contributed by atoms with Crippen molar-refractivity contribution in [2.45, 2.75) is 31.6 Å². The number of benzene rings is 1. The van der Waals surface area contributed by atoms with Crippen LogP contribution in [0.1, 0.15) is 20.3 Å². The molecule has 0 aliphatic carbocycles. The standard InChI is InChI=1S/C16H18F2N2O3S2/c1-9(2)5-15(21)19-16-20(12-4-3-10(17)6-11(12)18)13-7-25(22,23)8-14(13)24-16/h3-4,6,9,13-14H,5,7-8H2,1-2H3. The molecule has 25 heavy (non-hydrogen) atoms. The van der Waals surface area contributed by atoms with Crippen molar-refractivity contribution in [3.05, 3.63) is 29.8 Å². The Morgan fingerprint density at radius 2 is 2.08 bits per heavy atom. The monoisotopic (exact) mass is 388 g/mol. The average molecular weight is 388 g/mol. The smallest absolute Gasteiger partial charge is 0.248 e. The van der Waals surface area contributed by atoms with Crippen LogP contribution in [0.4, 0.5) is 14.5 Å². The maximum absolute atomic E-state index is 14.3. The summed E-state index contributed by atoms with van der Waals surface area (Å²) in [7, 11) is -3.24. The molecule has 5 nitrogen and oxygen atoms in total. The van der Waals surface area contributed by atoms with Crippen molar-refractivity contribution in [2.24, 2.45) is 10.9 Å². The Morgan fingerprint density at radius 3 is 2.72 bits per heavy atom. The van der Waals surface area contributed by atoms with E-state index in [0.717, 1.165) is 12.1 Å². The summed E-state index contributed by atoms with van der Waals surface area (Å²) in [4.78, 5) is 17.6. The number of hydrogen-bond acceptors (Lipinski definition) is 4. The number of halogens is 2. The molecule has 2 aliphatic rings. The van der Waals surface area contributed by atoms with Gasteiger partial charge in [0.25, 0.3) is 0 Å². The zero-order valence-electron chi connectivity index (χ0n) is 13.8. The van der Waals surface area contributed by atoms with Crippen LogP contribution in [-0.2, 0) is 14.6 Å². The van der Waals surface area contributed by atoms with Crippen molar-refractivity contribution >= 4 is 38.4 Å². The van der Waals surface area contributed by atoms with Crippen LogP contribution < -0.4 is 4.90 Å². The van der Waals surface area contributed by atoms with Crippen LogP contribution in [0.2, 0.25) is 0 Å². The molecule has 1 aromatic rings. The van der Waals surface area contributed by atoms with E-state index in [4.69, 9.17) is 0 Å². The van der Waals surface area contributed by atoms with Gasteiger partial charge in [-0.05, 0) is 18.1 Å². The lowest BCUT2D eigenvalue weighted by Gasteiger charge is -2.25. The third-order valence-corrected chi connectivity index (χ3v) is 7.25. The van der Waals surface area contributed by atoms with E-state index in [9.17, 15) is 22.0 Å². The highest BCUT2D eigenvalue weighted by Crippen LogP contribution is 2.41. The fraction of sp³-hybridized carbons (Fsp3) is 0.500. The highest BCUT2D eigenvalue weighted by molar-refractivity contribution is 8.16. The van der Waals surface area contributed by atoms with E-state index in [0.29, 0.717) is 0 Å². The van der Waals surface area contributed by atoms with Crippen LogP contribution in [0.5, 0.6) is 0 Å². The summed E-state index contributed by atoms with van der Waals surface area (Å²) in [6.45, 7) is 3.77. The molecule has 0 N–H and O–H groups in total. The maximum Gasteiger partial charge on any atom is 0.248 e. The number of hydrogen-bond donors (Lipinski definition) is 0. The van der Waals surface area contributed by atoms with Gasteiger partial charge in [0.2, 0.25) is 5.91 Å². The molecule has 2 atom stereocenters. The fourth-order valence-corrected chi connectivity index (χ4v) is 6.95. The van der Waals surface area contributed by atoms with E-state index < -0.39 is 27.5 Å². The van der Waals surface area contributed by atoms with E-state index in [1.807, 2.05) is 13.8 Å². The number of carbonyl (C=O) groups is 1. The van der Waals surface area contributed by atoms with Gasteiger partial charge in [-0.2, -0.15) is 4.99 Å². The molecule has 2 aliphatic heterocycles. The van der Waals surface area contributed by atoms with Gasteiger partial charge in [0, 0.05) is 17.7 Å². The molecular weight excluding hydrogens is 370 g/mol. The lowest BCUT2D eigenvalue weighted by molar-refractivity contribution is -0.118. The first-order chi connectivity index (χ1) is 11.7. The highest BCUT2D eigenvalue weighted by atomic mass is 32.2. The molecule has 0 aromatic heterocycles. The number of anilines is 1. The molecule has 0 bridgehead atoms. The summed E-state index contributed by atoms with van der Waals surface area (Å²) in [5, 5.41) is -0.0406. The number of nitrogens with zero attached hydrogens (tertiary/aromatic N) is 2. The first kappa shape index (κ1) is 18.3. The number of carbonyl (C=O) groups excluding carboxylic acids is 1. The minimum atomic E-state index is -3.24. The van der Waals surface area contributed by atoms with Gasteiger partial charge < -0.3 is 4.90 Å². The number of amides is 1. The predicted octanol–water partition coefficient (Wildman–Crippen LogP) is 2.61. The molecule has 2 saturated heterocycles. The van der Waals surface area contributed by atoms with E-state index in [2.05, 4.69) is 4.99 Å². The van der Waals surface area contributed by atoms with Gasteiger partial charge in [0.05, 0.1) is 23.2 Å². The minimum Gasteiger partial charge on any atom is -0.313 e. The number of aliphatic imine (C=N–C) groups is 1. The minimum absolute atomic E-state index is 0.0367. The molecular formula is C16H18F2N2O3S2. The fourth-order valence-electron chi connectivity index (χ4n) is 3.02. The largest absolute Gasteiger partial charge is 0.313 e. The van der Waals surface area contributed by atoms with Gasteiger partial charge >= 0.3 is 0 Å². The van der Waals surface area contributed by atoms with Crippen molar-refractivity contribution < 1.29 is 22.0 Å². The SMILES string of the molecule is CC(C)CC(=O)N=C1SC2CS(=O)(=O)CC2N1c1ccc(F)cc1F. The summed E-state index contributed by atoms with van der Waals surface area (Å²) in [5.74, 6) is -1.93. The Kier molecular flexibility index (Phi) is 4.89. The van der Waals surface area contributed by atoms with Crippen LogP contribution in [-0.4, -0.2) is 42.3 Å². The second-order valence-corrected chi connectivity index (χ2v) is 10.0. The van der Waals surface area contributed by atoms with Crippen molar-refractivity contribution in [3.63, 3.8) is 0 Å². The number of fused-ring (bicyclic) bond motifs is 1. The molecule has 0 spiro atoms. The second kappa shape index (κ2) is 6.68. The molecule has 1 aromatic carbocycles. The molecule has 1 amide bonds. The first-order valence-electron chi connectivity index (χ1n) is 7.89. The Labute approximate surface area is 149 Å². The Bertz CT molecular complexity index is 840. The zero-order valence-corrected chi connectivity index (χ0v) is 15.4. The predicted molar refractivity (Wildman–Crippen MR) is 94.6 cm³/mol. The van der Waals surface area contributed by atoms with E-state index >= 15 is 0 Å². The van der Waals surface area contributed by atoms with Crippen molar-refractivity contribution in [2.75, 3.05) is 16.4 Å². The van der Waals surface area contributed by atoms with Crippen molar-refractivity contribution in [1.29, 1.82) is 0 Å². The van der Waals surface area contributed by atoms with E-state index in [-0.39, 0.29) is 45.9 Å². The molecule has 136 valence electrons. The average Bonchev–Trinajstić information content (AvgIpc) is 2.90. The molecule has 0 radical (unpaired) electrons. The van der Waals surface area contributed by atoms with Gasteiger partial charge in [-0.3, -0.25) is 4.79 Å². The zero-order chi connectivity index (χ0) is 18.4. The van der Waals surface area contributed by atoms with Crippen LogP contribution in [0.3, 0.4) is 0 Å². The Balaban J connectivity index is 2.01. The van der Waals surface area contributed by atoms with Gasteiger partial charge in [-0.1, -0.05) is 25.6 Å². The summed E-state index contributed by atoms with van der Waals surface area (Å²) in [6, 6.07) is 2.58. The van der Waals surface area contributed by atoms with Crippen LogP contribution >= 0.6 is 11.8 Å². The number of thioether (sulfide) groups is 1. The van der Waals surface area contributed by atoms with Crippen molar-refractivity contribution in [1.82, 2.24) is 0 Å². The third-order valence-electron chi connectivity index (χ3n) is 4.04. The van der Waals surface area contributed by atoms with Gasteiger partial charge in [0.15, 0.2) is 15.0 Å². The van der Waals surface area contributed by atoms with E-state index in [1.165, 1.54) is 22.7 Å². The Morgan fingerprint density at radius 1 is 1.36 bits per heavy atom. The summed E-state index contributed by atoms with van der Waals surface area (Å²) in [6.07, 6.45) is 0.247. The molecule has 9 heteroatoms. The highest BCUT2D eigenvalue weighted by Gasteiger charge is 2.50. The number of amidine groups is 1. The van der Waals surface area contributed by atoms with Gasteiger partial charge in [-0.15, -0.1) is 0 Å². The first-order valence-corrected chi connectivity index (χ1v) is 10.6. The summed E-state index contributed by atoms with van der Waals surface area (Å²) >= 11 is 1.17. The van der Waals surface area contributed by atoms with Crippen molar-refractivity contribution in [3.8, 4) is 0 Å². The second-order valence-electron chi connectivity index (χ2n) is 6.65. The normalized spacial score (nSPS) is 26.4. The quantitative estimate of drug-likeness (QED) is 0.796.